The second-order valence-electron chi connectivity index (χ2n) is 7.64. The van der Waals surface area contributed by atoms with Gasteiger partial charge in [-0.3, -0.25) is 4.68 Å². The van der Waals surface area contributed by atoms with Gasteiger partial charge in [-0.1, -0.05) is 35.9 Å². The van der Waals surface area contributed by atoms with Gasteiger partial charge in [0.1, 0.15) is 18.0 Å². The highest BCUT2D eigenvalue weighted by molar-refractivity contribution is 6.31. The van der Waals surface area contributed by atoms with Crippen LogP contribution in [0.2, 0.25) is 5.02 Å². The Balaban J connectivity index is 1.55. The lowest BCUT2D eigenvalue weighted by molar-refractivity contribution is 0.208. The number of hydrogen-bond acceptors (Lipinski definition) is 5. The summed E-state index contributed by atoms with van der Waals surface area (Å²) in [6, 6.07) is 11.3. The number of amides is 2. The van der Waals surface area contributed by atoms with E-state index in [-0.39, 0.29) is 17.1 Å². The molecule has 1 atom stereocenters. The predicted octanol–water partition coefficient (Wildman–Crippen LogP) is 4.99. The topological polar surface area (TPSA) is 88.0 Å². The smallest absolute Gasteiger partial charge is 0.322 e. The van der Waals surface area contributed by atoms with E-state index in [9.17, 15) is 9.18 Å². The van der Waals surface area contributed by atoms with Crippen LogP contribution in [0.3, 0.4) is 0 Å². The van der Waals surface area contributed by atoms with E-state index in [2.05, 4.69) is 25.7 Å². The number of hydrogen-bond donors (Lipinski definition) is 2. The Hall–Kier alpha value is -3.72. The molecule has 2 heterocycles. The number of nitrogens with zero attached hydrogens (tertiary/aromatic N) is 5. The Labute approximate surface area is 195 Å². The van der Waals surface area contributed by atoms with E-state index >= 15 is 0 Å². The quantitative estimate of drug-likeness (QED) is 0.417. The number of carbonyl (C=O) groups excluding carboxylic acids is 1. The second kappa shape index (κ2) is 9.41. The maximum Gasteiger partial charge on any atom is 0.322 e. The summed E-state index contributed by atoms with van der Waals surface area (Å²) in [5, 5.41) is 12.2. The first-order valence-corrected chi connectivity index (χ1v) is 10.7. The Morgan fingerprint density at radius 1 is 1.21 bits per heavy atom. The van der Waals surface area contributed by atoms with Crippen molar-refractivity contribution in [1.29, 1.82) is 0 Å². The van der Waals surface area contributed by atoms with Crippen molar-refractivity contribution in [3.8, 4) is 0 Å². The Morgan fingerprint density at radius 2 is 1.97 bits per heavy atom. The molecule has 0 bridgehead atoms. The van der Waals surface area contributed by atoms with Crippen LogP contribution in [-0.2, 0) is 13.6 Å². The lowest BCUT2D eigenvalue weighted by Gasteiger charge is -2.27. The van der Waals surface area contributed by atoms with Gasteiger partial charge in [0.25, 0.3) is 0 Å². The van der Waals surface area contributed by atoms with Gasteiger partial charge < -0.3 is 15.5 Å². The van der Waals surface area contributed by atoms with Crippen molar-refractivity contribution >= 4 is 39.9 Å². The molecule has 4 rings (SSSR count). The normalized spacial score (nSPS) is 11.9. The van der Waals surface area contributed by atoms with E-state index in [4.69, 9.17) is 11.6 Å². The minimum Gasteiger partial charge on any atom is -0.362 e. The highest BCUT2D eigenvalue weighted by Crippen LogP contribution is 2.31. The summed E-state index contributed by atoms with van der Waals surface area (Å²) >= 11 is 5.82. The number of aryl methyl sites for hydroxylation is 1. The van der Waals surface area contributed by atoms with Crippen LogP contribution in [-0.4, -0.2) is 37.7 Å². The van der Waals surface area contributed by atoms with Crippen LogP contribution in [0, 0.1) is 5.82 Å². The standard InChI is InChI=1S/C23H23ClFN7O/c1-14(32(3)23(33)29-15-8-9-20(25)19(24)10-15)18-11-26-22(17-7-5-4-6-16(17)18)27-12-21-28-13-31(2)30-21/h4-11,13-14H,12H2,1-3H3,(H,26,27)(H,29,33)/t14-/m1/s1. The summed E-state index contributed by atoms with van der Waals surface area (Å²) in [5.41, 5.74) is 1.30. The van der Waals surface area contributed by atoms with Gasteiger partial charge in [-0.2, -0.15) is 5.10 Å². The van der Waals surface area contributed by atoms with Crippen LogP contribution in [0.5, 0.6) is 0 Å². The van der Waals surface area contributed by atoms with E-state index in [1.807, 2.05) is 38.2 Å². The molecule has 2 N–H and O–H groups in total. The fourth-order valence-corrected chi connectivity index (χ4v) is 3.67. The first kappa shape index (κ1) is 22.5. The Kier molecular flexibility index (Phi) is 6.41. The molecule has 170 valence electrons. The number of carbonyl (C=O) groups is 1. The lowest BCUT2D eigenvalue weighted by atomic mass is 10.0. The minimum absolute atomic E-state index is 0.0531. The van der Waals surface area contributed by atoms with Gasteiger partial charge in [0.2, 0.25) is 0 Å². The maximum absolute atomic E-state index is 13.4. The first-order valence-electron chi connectivity index (χ1n) is 10.3. The molecule has 10 heteroatoms. The molecular formula is C23H23ClFN7O. The fraction of sp³-hybridized carbons (Fsp3) is 0.217. The molecule has 0 aliphatic rings. The molecule has 0 fully saturated rings. The number of anilines is 2. The largest absolute Gasteiger partial charge is 0.362 e. The zero-order valence-corrected chi connectivity index (χ0v) is 19.1. The van der Waals surface area contributed by atoms with Gasteiger partial charge in [-0.15, -0.1) is 0 Å². The molecule has 4 aromatic rings. The van der Waals surface area contributed by atoms with Crippen LogP contribution >= 0.6 is 11.6 Å². The van der Waals surface area contributed by atoms with Crippen molar-refractivity contribution in [3.05, 3.63) is 77.2 Å². The zero-order chi connectivity index (χ0) is 23.5. The highest BCUT2D eigenvalue weighted by atomic mass is 35.5. The average molecular weight is 468 g/mol. The van der Waals surface area contributed by atoms with Gasteiger partial charge in [0.15, 0.2) is 5.82 Å². The molecular weight excluding hydrogens is 445 g/mol. The Morgan fingerprint density at radius 3 is 2.67 bits per heavy atom. The van der Waals surface area contributed by atoms with Crippen LogP contribution in [0.15, 0.2) is 55.0 Å². The molecule has 2 aromatic heterocycles. The number of fused-ring (bicyclic) bond motifs is 1. The SMILES string of the molecule is C[C@H](c1cnc(NCc2ncn(C)n2)c2ccccc12)N(C)C(=O)Nc1ccc(F)c(Cl)c1. The summed E-state index contributed by atoms with van der Waals surface area (Å²) in [6.45, 7) is 2.36. The van der Waals surface area contributed by atoms with Crippen LogP contribution in [0.4, 0.5) is 20.7 Å². The summed E-state index contributed by atoms with van der Waals surface area (Å²) in [5.74, 6) is 0.835. The summed E-state index contributed by atoms with van der Waals surface area (Å²) in [4.78, 5) is 23.2. The minimum atomic E-state index is -0.540. The van der Waals surface area contributed by atoms with Crippen LogP contribution in [0.25, 0.3) is 10.8 Å². The van der Waals surface area contributed by atoms with E-state index in [1.54, 1.807) is 29.2 Å². The third-order valence-corrected chi connectivity index (χ3v) is 5.70. The molecule has 0 saturated heterocycles. The van der Waals surface area contributed by atoms with Gasteiger partial charge in [-0.25, -0.2) is 19.2 Å². The maximum atomic E-state index is 13.4. The summed E-state index contributed by atoms with van der Waals surface area (Å²) in [6.07, 6.45) is 3.41. The van der Waals surface area contributed by atoms with Crippen molar-refractivity contribution in [2.24, 2.45) is 7.05 Å². The molecule has 0 aliphatic carbocycles. The number of nitrogens with one attached hydrogen (secondary N) is 2. The number of rotatable bonds is 6. The van der Waals surface area contributed by atoms with Gasteiger partial charge >= 0.3 is 6.03 Å². The molecule has 0 radical (unpaired) electrons. The first-order chi connectivity index (χ1) is 15.8. The van der Waals surface area contributed by atoms with E-state index in [0.717, 1.165) is 16.3 Å². The van der Waals surface area contributed by atoms with Crippen molar-refractivity contribution in [3.63, 3.8) is 0 Å². The molecule has 2 aromatic carbocycles. The van der Waals surface area contributed by atoms with Gasteiger partial charge in [0.05, 0.1) is 17.6 Å². The monoisotopic (exact) mass is 467 g/mol. The number of urea groups is 1. The predicted molar refractivity (Wildman–Crippen MR) is 127 cm³/mol. The van der Waals surface area contributed by atoms with Crippen molar-refractivity contribution in [1.82, 2.24) is 24.6 Å². The third kappa shape index (κ3) is 4.88. The average Bonchev–Trinajstić information content (AvgIpc) is 3.23. The number of pyridine rings is 1. The zero-order valence-electron chi connectivity index (χ0n) is 18.4. The Bertz CT molecular complexity index is 1310. The lowest BCUT2D eigenvalue weighted by Crippen LogP contribution is -2.33. The molecule has 0 unspecified atom stereocenters. The molecule has 0 saturated carbocycles. The van der Waals surface area contributed by atoms with E-state index in [0.29, 0.717) is 23.9 Å². The van der Waals surface area contributed by atoms with Crippen molar-refractivity contribution in [2.45, 2.75) is 19.5 Å². The second-order valence-corrected chi connectivity index (χ2v) is 8.05. The van der Waals surface area contributed by atoms with Crippen LogP contribution in [0.1, 0.15) is 24.4 Å². The van der Waals surface area contributed by atoms with E-state index < -0.39 is 5.82 Å². The number of benzene rings is 2. The van der Waals surface area contributed by atoms with Gasteiger partial charge in [0, 0.05) is 36.9 Å². The van der Waals surface area contributed by atoms with E-state index in [1.165, 1.54) is 18.2 Å². The highest BCUT2D eigenvalue weighted by Gasteiger charge is 2.21. The van der Waals surface area contributed by atoms with Gasteiger partial charge in [-0.05, 0) is 30.5 Å². The molecule has 8 nitrogen and oxygen atoms in total. The summed E-state index contributed by atoms with van der Waals surface area (Å²) in [7, 11) is 3.51. The van der Waals surface area contributed by atoms with Crippen LogP contribution < -0.4 is 10.6 Å². The molecule has 0 aliphatic heterocycles. The number of halogens is 2. The van der Waals surface area contributed by atoms with Crippen molar-refractivity contribution in [2.75, 3.05) is 17.7 Å². The third-order valence-electron chi connectivity index (χ3n) is 5.41. The molecule has 2 amide bonds. The summed E-state index contributed by atoms with van der Waals surface area (Å²) < 4.78 is 15.0. The number of aromatic nitrogens is 4. The molecule has 0 spiro atoms. The van der Waals surface area contributed by atoms with Crippen molar-refractivity contribution < 1.29 is 9.18 Å². The molecule has 33 heavy (non-hydrogen) atoms. The fourth-order valence-electron chi connectivity index (χ4n) is 3.49.